The quantitative estimate of drug-likeness (QED) is 0.275. The minimum absolute atomic E-state index is 0.00854. The fraction of sp³-hybridized carbons (Fsp3) is 0.571. The molecule has 11 heteroatoms. The number of benzene rings is 2. The van der Waals surface area contributed by atoms with Crippen molar-refractivity contribution in [1.82, 2.24) is 14.7 Å². The molecule has 0 bridgehead atoms. The lowest BCUT2D eigenvalue weighted by Crippen LogP contribution is -2.46. The molecule has 46 heavy (non-hydrogen) atoms. The molecule has 1 saturated heterocycles. The van der Waals surface area contributed by atoms with E-state index in [1.54, 1.807) is 12.0 Å². The maximum Gasteiger partial charge on any atom is 0.308 e. The van der Waals surface area contributed by atoms with Crippen LogP contribution in [0.2, 0.25) is 0 Å². The molecule has 250 valence electrons. The first-order valence-corrected chi connectivity index (χ1v) is 16.5. The van der Waals surface area contributed by atoms with E-state index in [-0.39, 0.29) is 25.2 Å². The fourth-order valence-electron chi connectivity index (χ4n) is 7.09. The molecule has 1 fully saturated rings. The Labute approximate surface area is 272 Å². The van der Waals surface area contributed by atoms with Crippen LogP contribution in [0.1, 0.15) is 56.1 Å². The van der Waals surface area contributed by atoms with Crippen molar-refractivity contribution in [1.29, 1.82) is 0 Å². The molecule has 1 unspecified atom stereocenters. The van der Waals surface area contributed by atoms with Crippen LogP contribution >= 0.6 is 0 Å². The number of likely N-dealkylation sites (tertiary alicyclic amines) is 1. The first kappa shape index (κ1) is 33.5. The minimum Gasteiger partial charge on any atom is -0.493 e. The number of aliphatic carboxylic acids is 1. The Balaban J connectivity index is 1.41. The van der Waals surface area contributed by atoms with Gasteiger partial charge in [-0.1, -0.05) is 31.5 Å². The number of unbranched alkanes of at least 4 members (excludes halogenated alkanes) is 2. The van der Waals surface area contributed by atoms with Gasteiger partial charge in [0.2, 0.25) is 24.4 Å². The van der Waals surface area contributed by atoms with E-state index < -0.39 is 23.8 Å². The minimum atomic E-state index is -0.929. The first-order valence-electron chi connectivity index (χ1n) is 16.5. The van der Waals surface area contributed by atoms with Crippen molar-refractivity contribution in [2.45, 2.75) is 57.4 Å². The lowest BCUT2D eigenvalue weighted by Gasteiger charge is -2.31. The summed E-state index contributed by atoms with van der Waals surface area (Å²) in [5, 5.41) is 10.7. The summed E-state index contributed by atoms with van der Waals surface area (Å²) in [6, 6.07) is 10.9. The Kier molecular flexibility index (Phi) is 11.1. The maximum absolute atomic E-state index is 13.9. The summed E-state index contributed by atoms with van der Waals surface area (Å²) in [5.74, 6) is -0.629. The number of carbonyl (C=O) groups excluding carboxylic acids is 2. The van der Waals surface area contributed by atoms with E-state index in [1.807, 2.05) is 60.3 Å². The van der Waals surface area contributed by atoms with E-state index in [2.05, 4.69) is 11.8 Å². The highest BCUT2D eigenvalue weighted by Gasteiger charge is 2.48. The molecule has 2 aromatic rings. The average molecular weight is 637 g/mol. The Bertz CT molecular complexity index is 1400. The van der Waals surface area contributed by atoms with Gasteiger partial charge < -0.3 is 34.0 Å². The van der Waals surface area contributed by atoms with E-state index in [4.69, 9.17) is 14.2 Å². The van der Waals surface area contributed by atoms with Crippen molar-refractivity contribution < 1.29 is 33.7 Å². The van der Waals surface area contributed by atoms with E-state index in [1.165, 1.54) is 0 Å². The topological polar surface area (TPSA) is 112 Å². The summed E-state index contributed by atoms with van der Waals surface area (Å²) in [6.07, 6.45) is 4.55. The number of carbonyl (C=O) groups is 3. The number of para-hydroxylation sites is 1. The standard InChI is InChI=1S/C35H48N4O7/c1-5-6-15-37(16-10-9-14-36(2)3)32(41)22-38-21-26(25-18-29(44-4)34-30(19-25)45-23-46-34)33(35(42)43)28(38)13-17-39-27-12-8-7-11-24(27)20-31(39)40/h7-8,11-12,18-19,26,28,33H,5-6,9-10,13-17,20-23H2,1-4H3,(H,42,43)/t26-,28+,33?/m1/s1. The number of nitrogens with zero attached hydrogens (tertiary/aromatic N) is 4. The number of anilines is 1. The maximum atomic E-state index is 13.9. The molecule has 5 rings (SSSR count). The Morgan fingerprint density at radius 1 is 1.07 bits per heavy atom. The molecule has 0 spiro atoms. The smallest absolute Gasteiger partial charge is 0.308 e. The van der Waals surface area contributed by atoms with Crippen LogP contribution < -0.4 is 19.1 Å². The van der Waals surface area contributed by atoms with Crippen LogP contribution in [-0.2, 0) is 20.8 Å². The monoisotopic (exact) mass is 636 g/mol. The Morgan fingerprint density at radius 2 is 1.83 bits per heavy atom. The van der Waals surface area contributed by atoms with Crippen molar-refractivity contribution in [3.05, 3.63) is 47.5 Å². The van der Waals surface area contributed by atoms with Crippen LogP contribution in [0.4, 0.5) is 5.69 Å². The number of rotatable bonds is 16. The molecular formula is C35H48N4O7. The predicted octanol–water partition coefficient (Wildman–Crippen LogP) is 3.84. The van der Waals surface area contributed by atoms with Crippen molar-refractivity contribution in [3.8, 4) is 17.2 Å². The van der Waals surface area contributed by atoms with Crippen molar-refractivity contribution in [2.75, 3.05) is 72.2 Å². The van der Waals surface area contributed by atoms with E-state index in [0.717, 1.165) is 49.0 Å². The first-order chi connectivity index (χ1) is 22.2. The van der Waals surface area contributed by atoms with Crippen LogP contribution in [0.15, 0.2) is 36.4 Å². The number of hydrogen-bond donors (Lipinski definition) is 1. The van der Waals surface area contributed by atoms with Gasteiger partial charge in [-0.2, -0.15) is 0 Å². The Hall–Kier alpha value is -3.83. The highest BCUT2D eigenvalue weighted by atomic mass is 16.7. The second kappa shape index (κ2) is 15.2. The van der Waals surface area contributed by atoms with Crippen LogP contribution in [0.3, 0.4) is 0 Å². The SMILES string of the molecule is CCCCN(CCCCN(C)C)C(=O)CN1C[C@H](c2cc(OC)c3c(c2)OCO3)C(C(=O)O)[C@@H]1CCN1C(=O)Cc2ccccc21. The lowest BCUT2D eigenvalue weighted by molar-refractivity contribution is -0.143. The number of ether oxygens (including phenoxy) is 3. The van der Waals surface area contributed by atoms with Gasteiger partial charge in [-0.05, 0) is 75.6 Å². The number of carboxylic acids is 1. The van der Waals surface area contributed by atoms with Crippen molar-refractivity contribution in [2.24, 2.45) is 5.92 Å². The zero-order valence-electron chi connectivity index (χ0n) is 27.6. The largest absolute Gasteiger partial charge is 0.493 e. The summed E-state index contributed by atoms with van der Waals surface area (Å²) in [6.45, 7) is 5.37. The summed E-state index contributed by atoms with van der Waals surface area (Å²) >= 11 is 0. The van der Waals surface area contributed by atoms with Gasteiger partial charge in [0, 0.05) is 43.8 Å². The molecule has 0 radical (unpaired) electrons. The fourth-order valence-corrected chi connectivity index (χ4v) is 7.09. The summed E-state index contributed by atoms with van der Waals surface area (Å²) < 4.78 is 16.9. The molecule has 3 heterocycles. The number of hydrogen-bond acceptors (Lipinski definition) is 8. The van der Waals surface area contributed by atoms with Gasteiger partial charge in [0.05, 0.1) is 26.0 Å². The molecule has 1 N–H and O–H groups in total. The summed E-state index contributed by atoms with van der Waals surface area (Å²) in [4.78, 5) is 47.9. The van der Waals surface area contributed by atoms with Crippen molar-refractivity contribution >= 4 is 23.5 Å². The third-order valence-electron chi connectivity index (χ3n) is 9.47. The van der Waals surface area contributed by atoms with E-state index in [9.17, 15) is 19.5 Å². The van der Waals surface area contributed by atoms with Crippen LogP contribution in [0, 0.1) is 5.92 Å². The highest BCUT2D eigenvalue weighted by Crippen LogP contribution is 2.47. The zero-order chi connectivity index (χ0) is 32.8. The molecule has 2 amide bonds. The molecule has 0 saturated carbocycles. The third kappa shape index (κ3) is 7.41. The molecular weight excluding hydrogens is 588 g/mol. The summed E-state index contributed by atoms with van der Waals surface area (Å²) in [7, 11) is 5.65. The highest BCUT2D eigenvalue weighted by molar-refractivity contribution is 6.01. The van der Waals surface area contributed by atoms with Gasteiger partial charge >= 0.3 is 5.97 Å². The van der Waals surface area contributed by atoms with Gasteiger partial charge in [-0.15, -0.1) is 0 Å². The second-order valence-electron chi connectivity index (χ2n) is 12.8. The van der Waals surface area contributed by atoms with Gasteiger partial charge in [-0.3, -0.25) is 19.3 Å². The predicted molar refractivity (Wildman–Crippen MR) is 175 cm³/mol. The molecule has 0 aromatic heterocycles. The molecule has 3 aliphatic heterocycles. The normalized spacial score (nSPS) is 20.4. The molecule has 0 aliphatic carbocycles. The average Bonchev–Trinajstić information content (AvgIpc) is 3.74. The number of methoxy groups -OCH3 is 1. The van der Waals surface area contributed by atoms with Crippen LogP contribution in [0.5, 0.6) is 17.2 Å². The van der Waals surface area contributed by atoms with Crippen LogP contribution in [-0.4, -0.2) is 111 Å². The number of carboxylic acid groups (broad SMARTS) is 1. The van der Waals surface area contributed by atoms with Gasteiger partial charge in [-0.25, -0.2) is 0 Å². The van der Waals surface area contributed by atoms with Crippen molar-refractivity contribution in [3.63, 3.8) is 0 Å². The molecule has 3 atom stereocenters. The van der Waals surface area contributed by atoms with Gasteiger partial charge in [0.15, 0.2) is 11.5 Å². The third-order valence-corrected chi connectivity index (χ3v) is 9.47. The van der Waals surface area contributed by atoms with E-state index >= 15 is 0 Å². The second-order valence-corrected chi connectivity index (χ2v) is 12.8. The molecule has 3 aliphatic rings. The summed E-state index contributed by atoms with van der Waals surface area (Å²) in [5.41, 5.74) is 2.62. The van der Waals surface area contributed by atoms with Gasteiger partial charge in [0.1, 0.15) is 0 Å². The number of amides is 2. The molecule has 2 aromatic carbocycles. The Morgan fingerprint density at radius 3 is 2.57 bits per heavy atom. The van der Waals surface area contributed by atoms with Crippen LogP contribution in [0.25, 0.3) is 0 Å². The zero-order valence-corrected chi connectivity index (χ0v) is 27.6. The molecule has 11 nitrogen and oxygen atoms in total. The number of fused-ring (bicyclic) bond motifs is 2. The lowest BCUT2D eigenvalue weighted by atomic mass is 9.84. The van der Waals surface area contributed by atoms with E-state index in [0.29, 0.717) is 56.3 Å². The van der Waals surface area contributed by atoms with Gasteiger partial charge in [0.25, 0.3) is 0 Å².